The lowest BCUT2D eigenvalue weighted by Gasteiger charge is -2.05. The number of urea groups is 1. The number of fused-ring (bicyclic) bond motifs is 2. The fourth-order valence-corrected chi connectivity index (χ4v) is 3.53. The maximum atomic E-state index is 11.9. The first-order valence-corrected chi connectivity index (χ1v) is 8.88. The summed E-state index contributed by atoms with van der Waals surface area (Å²) in [7, 11) is 0. The van der Waals surface area contributed by atoms with Crippen LogP contribution in [-0.2, 0) is 13.0 Å². The van der Waals surface area contributed by atoms with E-state index in [1.54, 1.807) is 11.3 Å². The molecule has 0 saturated carbocycles. The van der Waals surface area contributed by atoms with Crippen molar-refractivity contribution in [1.82, 2.24) is 25.0 Å². The number of thiazole rings is 1. The molecule has 7 heteroatoms. The summed E-state index contributed by atoms with van der Waals surface area (Å²) in [4.78, 5) is 20.9. The Morgan fingerprint density at radius 1 is 1.08 bits per heavy atom. The van der Waals surface area contributed by atoms with Crippen LogP contribution >= 0.6 is 11.3 Å². The Bertz CT molecular complexity index is 956. The summed E-state index contributed by atoms with van der Waals surface area (Å²) < 4.78 is 3.11. The standard InChI is InChI=1S/C18H17N5OS/c24-18(20-11-17-22-14-5-1-2-6-15(14)25-17)19-9-8-13-12-23-10-4-3-7-16(23)21-13/h1-7,10,12H,8-9,11H2,(H2,19,20,24). The number of pyridine rings is 1. The zero-order valence-corrected chi connectivity index (χ0v) is 14.3. The molecule has 0 aliphatic heterocycles. The Labute approximate surface area is 148 Å². The summed E-state index contributed by atoms with van der Waals surface area (Å²) >= 11 is 1.60. The van der Waals surface area contributed by atoms with Crippen LogP contribution in [0.25, 0.3) is 15.9 Å². The van der Waals surface area contributed by atoms with Crippen molar-refractivity contribution in [2.24, 2.45) is 0 Å². The largest absolute Gasteiger partial charge is 0.338 e. The summed E-state index contributed by atoms with van der Waals surface area (Å²) in [6.45, 7) is 0.967. The number of imidazole rings is 1. The average Bonchev–Trinajstić information content (AvgIpc) is 3.23. The van der Waals surface area contributed by atoms with Crippen LogP contribution in [-0.4, -0.2) is 26.9 Å². The average molecular weight is 351 g/mol. The van der Waals surface area contributed by atoms with Crippen molar-refractivity contribution < 1.29 is 4.79 Å². The monoisotopic (exact) mass is 351 g/mol. The number of carbonyl (C=O) groups is 1. The molecule has 0 fully saturated rings. The highest BCUT2D eigenvalue weighted by molar-refractivity contribution is 7.18. The molecule has 0 unspecified atom stereocenters. The summed E-state index contributed by atoms with van der Waals surface area (Å²) in [6, 6.07) is 13.7. The van der Waals surface area contributed by atoms with Crippen molar-refractivity contribution in [3.05, 3.63) is 65.6 Å². The molecule has 0 spiro atoms. The minimum absolute atomic E-state index is 0.192. The van der Waals surface area contributed by atoms with Gasteiger partial charge in [-0.15, -0.1) is 11.3 Å². The molecule has 2 N–H and O–H groups in total. The van der Waals surface area contributed by atoms with Crippen LogP contribution in [0.2, 0.25) is 0 Å². The second-order valence-electron chi connectivity index (χ2n) is 5.63. The van der Waals surface area contributed by atoms with Gasteiger partial charge in [-0.05, 0) is 24.3 Å². The van der Waals surface area contributed by atoms with E-state index in [1.165, 1.54) is 0 Å². The van der Waals surface area contributed by atoms with Gasteiger partial charge in [0.05, 0.1) is 22.5 Å². The normalized spacial score (nSPS) is 11.0. The topological polar surface area (TPSA) is 71.3 Å². The van der Waals surface area contributed by atoms with Gasteiger partial charge < -0.3 is 15.0 Å². The van der Waals surface area contributed by atoms with Crippen LogP contribution < -0.4 is 10.6 Å². The quantitative estimate of drug-likeness (QED) is 0.581. The number of aromatic nitrogens is 3. The predicted octanol–water partition coefficient (Wildman–Crippen LogP) is 2.99. The number of amides is 2. The molecule has 0 aliphatic carbocycles. The summed E-state index contributed by atoms with van der Waals surface area (Å²) in [5, 5.41) is 6.60. The first-order chi connectivity index (χ1) is 12.3. The third-order valence-corrected chi connectivity index (χ3v) is 4.86. The fourth-order valence-electron chi connectivity index (χ4n) is 2.63. The third kappa shape index (κ3) is 3.61. The van der Waals surface area contributed by atoms with Gasteiger partial charge >= 0.3 is 6.03 Å². The number of carbonyl (C=O) groups excluding carboxylic acids is 1. The van der Waals surface area contributed by atoms with E-state index >= 15 is 0 Å². The first kappa shape index (κ1) is 15.6. The predicted molar refractivity (Wildman–Crippen MR) is 98.8 cm³/mol. The van der Waals surface area contributed by atoms with Gasteiger partial charge in [0.1, 0.15) is 10.7 Å². The number of nitrogens with zero attached hydrogens (tertiary/aromatic N) is 3. The molecule has 2 amide bonds. The van der Waals surface area contributed by atoms with E-state index < -0.39 is 0 Å². The van der Waals surface area contributed by atoms with Crippen LogP contribution in [0.1, 0.15) is 10.7 Å². The van der Waals surface area contributed by atoms with E-state index in [2.05, 4.69) is 20.6 Å². The van der Waals surface area contributed by atoms with Gasteiger partial charge in [-0.1, -0.05) is 18.2 Å². The Morgan fingerprint density at radius 2 is 1.96 bits per heavy atom. The molecule has 0 saturated heterocycles. The van der Waals surface area contributed by atoms with E-state index in [0.717, 1.165) is 26.6 Å². The molecule has 0 aliphatic rings. The van der Waals surface area contributed by atoms with Gasteiger partial charge in [-0.25, -0.2) is 14.8 Å². The molecular formula is C18H17N5OS. The number of benzene rings is 1. The number of nitrogens with one attached hydrogen (secondary N) is 2. The maximum absolute atomic E-state index is 11.9. The summed E-state index contributed by atoms with van der Waals surface area (Å²) in [5.41, 5.74) is 2.84. The highest BCUT2D eigenvalue weighted by Gasteiger charge is 2.06. The number of hydrogen-bond donors (Lipinski definition) is 2. The van der Waals surface area contributed by atoms with Gasteiger partial charge in [0.25, 0.3) is 0 Å². The van der Waals surface area contributed by atoms with E-state index in [4.69, 9.17) is 0 Å². The third-order valence-electron chi connectivity index (χ3n) is 3.82. The Morgan fingerprint density at radius 3 is 2.84 bits per heavy atom. The minimum Gasteiger partial charge on any atom is -0.338 e. The fraction of sp³-hybridized carbons (Fsp3) is 0.167. The van der Waals surface area contributed by atoms with Gasteiger partial charge in [-0.3, -0.25) is 0 Å². The smallest absolute Gasteiger partial charge is 0.315 e. The van der Waals surface area contributed by atoms with Gasteiger partial charge in [0, 0.05) is 25.4 Å². The summed E-state index contributed by atoms with van der Waals surface area (Å²) in [5.74, 6) is 0. The van der Waals surface area contributed by atoms with E-state index in [9.17, 15) is 4.79 Å². The first-order valence-electron chi connectivity index (χ1n) is 8.07. The van der Waals surface area contributed by atoms with Gasteiger partial charge in [0.15, 0.2) is 0 Å². The van der Waals surface area contributed by atoms with Crippen molar-refractivity contribution in [3.8, 4) is 0 Å². The van der Waals surface area contributed by atoms with Crippen molar-refractivity contribution in [1.29, 1.82) is 0 Å². The maximum Gasteiger partial charge on any atom is 0.315 e. The molecule has 3 heterocycles. The van der Waals surface area contributed by atoms with Crippen molar-refractivity contribution >= 4 is 33.2 Å². The summed E-state index contributed by atoms with van der Waals surface area (Å²) in [6.07, 6.45) is 4.64. The molecule has 4 rings (SSSR count). The van der Waals surface area contributed by atoms with Gasteiger partial charge in [0.2, 0.25) is 0 Å². The number of para-hydroxylation sites is 1. The molecule has 6 nitrogen and oxygen atoms in total. The second-order valence-corrected chi connectivity index (χ2v) is 6.75. The lowest BCUT2D eigenvalue weighted by molar-refractivity contribution is 0.240. The molecule has 0 bridgehead atoms. The van der Waals surface area contributed by atoms with E-state index in [0.29, 0.717) is 19.5 Å². The lowest BCUT2D eigenvalue weighted by Crippen LogP contribution is -2.36. The van der Waals surface area contributed by atoms with Crippen LogP contribution in [0.15, 0.2) is 54.9 Å². The number of hydrogen-bond acceptors (Lipinski definition) is 4. The zero-order chi connectivity index (χ0) is 17.1. The van der Waals surface area contributed by atoms with Crippen LogP contribution in [0.4, 0.5) is 4.79 Å². The van der Waals surface area contributed by atoms with Crippen LogP contribution in [0.5, 0.6) is 0 Å². The number of rotatable bonds is 5. The van der Waals surface area contributed by atoms with Gasteiger partial charge in [-0.2, -0.15) is 0 Å². The van der Waals surface area contributed by atoms with Crippen molar-refractivity contribution in [2.45, 2.75) is 13.0 Å². The van der Waals surface area contributed by atoms with Crippen LogP contribution in [0, 0.1) is 0 Å². The molecule has 1 aromatic carbocycles. The Hall–Kier alpha value is -2.93. The highest BCUT2D eigenvalue weighted by Crippen LogP contribution is 2.21. The van der Waals surface area contributed by atoms with Crippen LogP contribution in [0.3, 0.4) is 0 Å². The molecule has 25 heavy (non-hydrogen) atoms. The van der Waals surface area contributed by atoms with E-state index in [1.807, 2.05) is 59.3 Å². The molecule has 0 radical (unpaired) electrons. The van der Waals surface area contributed by atoms with Crippen molar-refractivity contribution in [3.63, 3.8) is 0 Å². The molecule has 126 valence electrons. The second kappa shape index (κ2) is 6.90. The van der Waals surface area contributed by atoms with Crippen molar-refractivity contribution in [2.75, 3.05) is 6.54 Å². The molecule has 4 aromatic rings. The lowest BCUT2D eigenvalue weighted by atomic mass is 10.3. The molecule has 3 aromatic heterocycles. The SMILES string of the molecule is O=C(NCCc1cn2ccccc2n1)NCc1nc2ccccc2s1. The molecule has 0 atom stereocenters. The highest BCUT2D eigenvalue weighted by atomic mass is 32.1. The Kier molecular flexibility index (Phi) is 4.30. The Balaban J connectivity index is 1.26. The minimum atomic E-state index is -0.192. The molecular weight excluding hydrogens is 334 g/mol. The van der Waals surface area contributed by atoms with E-state index in [-0.39, 0.29) is 6.03 Å². The zero-order valence-electron chi connectivity index (χ0n) is 13.5.